The highest BCUT2D eigenvalue weighted by molar-refractivity contribution is 5.95. The fourth-order valence-corrected chi connectivity index (χ4v) is 6.55. The summed E-state index contributed by atoms with van der Waals surface area (Å²) >= 11 is 0. The molecule has 4 heterocycles. The maximum absolute atomic E-state index is 13.7. The van der Waals surface area contributed by atoms with Gasteiger partial charge in [-0.15, -0.1) is 0 Å². The van der Waals surface area contributed by atoms with E-state index < -0.39 is 5.60 Å². The van der Waals surface area contributed by atoms with Crippen LogP contribution >= 0.6 is 0 Å². The summed E-state index contributed by atoms with van der Waals surface area (Å²) in [6.07, 6.45) is 1.72. The predicted molar refractivity (Wildman–Crippen MR) is 135 cm³/mol. The molecular weight excluding hydrogens is 440 g/mol. The fourth-order valence-electron chi connectivity index (χ4n) is 6.55. The fraction of sp³-hybridized carbons (Fsp3) is 0.483. The number of pyridine rings is 2. The maximum atomic E-state index is 13.7. The predicted octanol–water partition coefficient (Wildman–Crippen LogP) is 4.38. The van der Waals surface area contributed by atoms with Crippen molar-refractivity contribution in [2.45, 2.75) is 85.7 Å². The lowest BCUT2D eigenvalue weighted by Gasteiger charge is -2.32. The molecule has 2 aliphatic heterocycles. The number of aliphatic hydroxyl groups is 1. The number of aryl methyl sites for hydroxylation is 2. The zero-order valence-corrected chi connectivity index (χ0v) is 21.2. The Kier molecular flexibility index (Phi) is 4.90. The highest BCUT2D eigenvalue weighted by Gasteiger charge is 2.43. The van der Waals surface area contributed by atoms with Gasteiger partial charge in [0.1, 0.15) is 5.60 Å². The topological polar surface area (TPSA) is 81.4 Å². The quantitative estimate of drug-likeness (QED) is 0.479. The second-order valence-corrected chi connectivity index (χ2v) is 10.9. The third kappa shape index (κ3) is 2.93. The molecule has 182 valence electrons. The first-order valence-electron chi connectivity index (χ1n) is 12.7. The van der Waals surface area contributed by atoms with E-state index in [9.17, 15) is 14.7 Å². The molecule has 6 rings (SSSR count). The number of hydrogen-bond acceptors (Lipinski definition) is 5. The van der Waals surface area contributed by atoms with E-state index in [2.05, 4.69) is 27.7 Å². The van der Waals surface area contributed by atoms with Gasteiger partial charge in [0.2, 0.25) is 0 Å². The van der Waals surface area contributed by atoms with Crippen molar-refractivity contribution in [3.63, 3.8) is 0 Å². The smallest absolute Gasteiger partial charge is 0.254 e. The largest absolute Gasteiger partial charge is 0.377 e. The third-order valence-electron chi connectivity index (χ3n) is 8.50. The summed E-state index contributed by atoms with van der Waals surface area (Å²) in [6.45, 7) is 12.2. The molecule has 2 aromatic heterocycles. The first kappa shape index (κ1) is 22.6. The molecule has 1 N–H and O–H groups in total. The molecule has 3 aromatic rings. The van der Waals surface area contributed by atoms with E-state index in [4.69, 9.17) is 9.72 Å². The summed E-state index contributed by atoms with van der Waals surface area (Å²) in [6, 6.07) is 1.87. The Balaban J connectivity index is 1.70. The van der Waals surface area contributed by atoms with Gasteiger partial charge in [-0.25, -0.2) is 4.98 Å². The van der Waals surface area contributed by atoms with E-state index in [1.807, 2.05) is 10.6 Å². The Bertz CT molecular complexity index is 1510. The summed E-state index contributed by atoms with van der Waals surface area (Å²) in [5.74, 6) is 0.231. The van der Waals surface area contributed by atoms with Crippen molar-refractivity contribution < 1.29 is 14.6 Å². The monoisotopic (exact) mass is 472 g/mol. The van der Waals surface area contributed by atoms with E-state index in [0.29, 0.717) is 48.9 Å². The molecule has 35 heavy (non-hydrogen) atoms. The molecule has 0 bridgehead atoms. The minimum absolute atomic E-state index is 0.0984. The molecule has 1 aromatic carbocycles. The van der Waals surface area contributed by atoms with E-state index >= 15 is 0 Å². The van der Waals surface area contributed by atoms with Crippen LogP contribution in [0.5, 0.6) is 0 Å². The Labute approximate surface area is 205 Å². The van der Waals surface area contributed by atoms with Crippen LogP contribution in [-0.2, 0) is 47.7 Å². The number of nitrogens with zero attached hydrogens (tertiary/aromatic N) is 2. The summed E-state index contributed by atoms with van der Waals surface area (Å²) in [5.41, 5.74) is 9.08. The number of hydrogen-bond donors (Lipinski definition) is 1. The number of carbonyl (C=O) groups is 1. The summed E-state index contributed by atoms with van der Waals surface area (Å²) in [7, 11) is 0. The number of benzene rings is 1. The molecule has 0 saturated carbocycles. The highest BCUT2D eigenvalue weighted by atomic mass is 16.5. The molecule has 1 atom stereocenters. The maximum Gasteiger partial charge on any atom is 0.254 e. The van der Waals surface area contributed by atoms with E-state index in [1.165, 1.54) is 27.6 Å². The Morgan fingerprint density at radius 3 is 2.49 bits per heavy atom. The number of carbonyl (C=O) groups excluding carboxylic acids is 1. The van der Waals surface area contributed by atoms with Gasteiger partial charge in [0.15, 0.2) is 5.78 Å². The van der Waals surface area contributed by atoms with Crippen LogP contribution in [0.25, 0.3) is 22.3 Å². The van der Waals surface area contributed by atoms with Crippen molar-refractivity contribution in [1.82, 2.24) is 9.55 Å². The highest BCUT2D eigenvalue weighted by Crippen LogP contribution is 2.44. The van der Waals surface area contributed by atoms with E-state index in [-0.39, 0.29) is 24.2 Å². The first-order valence-corrected chi connectivity index (χ1v) is 12.7. The van der Waals surface area contributed by atoms with Gasteiger partial charge in [-0.2, -0.15) is 0 Å². The zero-order valence-electron chi connectivity index (χ0n) is 21.2. The van der Waals surface area contributed by atoms with Gasteiger partial charge in [-0.05, 0) is 72.9 Å². The zero-order chi connectivity index (χ0) is 24.8. The molecular formula is C29H32N2O4. The minimum Gasteiger partial charge on any atom is -0.377 e. The number of ketones is 1. The second kappa shape index (κ2) is 7.58. The molecule has 1 aliphatic carbocycles. The lowest BCUT2D eigenvalue weighted by Crippen LogP contribution is -2.43. The van der Waals surface area contributed by atoms with Gasteiger partial charge in [-0.1, -0.05) is 20.8 Å². The van der Waals surface area contributed by atoms with Gasteiger partial charge in [0.05, 0.1) is 36.7 Å². The van der Waals surface area contributed by atoms with Crippen molar-refractivity contribution in [1.29, 1.82) is 0 Å². The van der Waals surface area contributed by atoms with Crippen LogP contribution in [0.4, 0.5) is 0 Å². The molecule has 0 fully saturated rings. The van der Waals surface area contributed by atoms with Crippen LogP contribution < -0.4 is 5.56 Å². The van der Waals surface area contributed by atoms with Crippen LogP contribution in [-0.4, -0.2) is 20.4 Å². The number of fused-ring (bicyclic) bond motifs is 6. The normalized spacial score (nSPS) is 20.4. The molecule has 0 spiro atoms. The van der Waals surface area contributed by atoms with E-state index in [1.54, 1.807) is 6.92 Å². The molecule has 0 saturated heterocycles. The molecule has 6 heteroatoms. The summed E-state index contributed by atoms with van der Waals surface area (Å²) in [5, 5.41) is 12.5. The molecule has 6 nitrogen and oxygen atoms in total. The number of ether oxygens (including phenoxy) is 1. The van der Waals surface area contributed by atoms with Crippen LogP contribution in [0.15, 0.2) is 10.9 Å². The second-order valence-electron chi connectivity index (χ2n) is 10.9. The van der Waals surface area contributed by atoms with Crippen LogP contribution in [0.3, 0.4) is 0 Å². The first-order chi connectivity index (χ1) is 16.7. The third-order valence-corrected chi connectivity index (χ3v) is 8.50. The average Bonchev–Trinajstić information content (AvgIpc) is 3.46. The van der Waals surface area contributed by atoms with E-state index in [0.717, 1.165) is 28.8 Å². The minimum atomic E-state index is -1.60. The van der Waals surface area contributed by atoms with Crippen molar-refractivity contribution in [3.05, 3.63) is 60.9 Å². The summed E-state index contributed by atoms with van der Waals surface area (Å²) < 4.78 is 7.63. The van der Waals surface area contributed by atoms with Gasteiger partial charge >= 0.3 is 0 Å². The van der Waals surface area contributed by atoms with Crippen LogP contribution in [0.2, 0.25) is 0 Å². The van der Waals surface area contributed by atoms with Crippen molar-refractivity contribution in [2.75, 3.05) is 0 Å². The van der Waals surface area contributed by atoms with Gasteiger partial charge < -0.3 is 14.4 Å². The Morgan fingerprint density at radius 2 is 1.80 bits per heavy atom. The number of rotatable bonds is 3. The molecule has 0 amide bonds. The van der Waals surface area contributed by atoms with Crippen LogP contribution in [0, 0.1) is 19.8 Å². The van der Waals surface area contributed by atoms with Gasteiger partial charge in [-0.3, -0.25) is 9.59 Å². The van der Waals surface area contributed by atoms with Gasteiger partial charge in [0, 0.05) is 28.5 Å². The van der Waals surface area contributed by atoms with Crippen LogP contribution in [0.1, 0.15) is 78.1 Å². The SMILES string of the molecule is CC[C@@]1(O)C(=O)CCc2c1cc1n(c2=O)Cc2c-1nc1c(C)c3c(c(C)c1c2CC(C)C)COC3. The lowest BCUT2D eigenvalue weighted by molar-refractivity contribution is -0.140. The molecule has 0 radical (unpaired) electrons. The van der Waals surface area contributed by atoms with Gasteiger partial charge in [0.25, 0.3) is 5.56 Å². The van der Waals surface area contributed by atoms with Crippen molar-refractivity contribution >= 4 is 16.7 Å². The lowest BCUT2D eigenvalue weighted by atomic mass is 9.77. The number of Topliss-reactive ketones (excluding diaryl/α,β-unsaturated/α-hetero) is 1. The average molecular weight is 473 g/mol. The van der Waals surface area contributed by atoms with Crippen molar-refractivity contribution in [2.24, 2.45) is 5.92 Å². The molecule has 0 unspecified atom stereocenters. The molecule has 3 aliphatic rings. The number of aromatic nitrogens is 2. The Morgan fingerprint density at radius 1 is 1.09 bits per heavy atom. The summed E-state index contributed by atoms with van der Waals surface area (Å²) in [4.78, 5) is 31.6. The van der Waals surface area contributed by atoms with Crippen molar-refractivity contribution in [3.8, 4) is 11.4 Å². The Hall–Kier alpha value is -2.83. The standard InChI is InChI=1S/C29H32N2O4/c1-6-29(34)22-10-23-27-19(11-31(23)28(33)17(22)7-8-24(29)32)18(9-14(2)3)25-15(4)20-12-35-13-21(20)16(5)26(25)30-27/h10,14,34H,6-9,11-13H2,1-5H3/t29-/m0/s1.